The van der Waals surface area contributed by atoms with Crippen LogP contribution in [0.5, 0.6) is 0 Å². The highest BCUT2D eigenvalue weighted by Crippen LogP contribution is 2.22. The van der Waals surface area contributed by atoms with Crippen molar-refractivity contribution in [3.05, 3.63) is 48.6 Å². The van der Waals surface area contributed by atoms with E-state index in [2.05, 4.69) is 48.9 Å². The minimum Gasteiger partial charge on any atom is -0.350 e. The summed E-state index contributed by atoms with van der Waals surface area (Å²) >= 11 is 0. The molecule has 0 spiro atoms. The number of hydrogen-bond donors (Lipinski definition) is 0. The lowest BCUT2D eigenvalue weighted by Gasteiger charge is -2.24. The Morgan fingerprint density at radius 2 is 2.00 bits per heavy atom. The number of benzene rings is 1. The number of nitrogens with zero attached hydrogens (tertiary/aromatic N) is 1. The van der Waals surface area contributed by atoms with Crippen molar-refractivity contribution in [2.24, 2.45) is 5.92 Å². The van der Waals surface area contributed by atoms with Crippen LogP contribution in [0.3, 0.4) is 0 Å². The van der Waals surface area contributed by atoms with Crippen molar-refractivity contribution in [2.45, 2.75) is 25.7 Å². The van der Waals surface area contributed by atoms with E-state index < -0.39 is 0 Å². The molecule has 0 aromatic heterocycles. The van der Waals surface area contributed by atoms with Crippen molar-refractivity contribution in [1.29, 1.82) is 0 Å². The molecule has 20 heavy (non-hydrogen) atoms. The quantitative estimate of drug-likeness (QED) is 0.681. The Hall–Kier alpha value is -1.16. The van der Waals surface area contributed by atoms with Crippen molar-refractivity contribution < 1.29 is 9.47 Å². The van der Waals surface area contributed by atoms with E-state index in [0.717, 1.165) is 39.1 Å². The summed E-state index contributed by atoms with van der Waals surface area (Å²) in [5.74, 6) is 0.410. The topological polar surface area (TPSA) is 21.7 Å². The zero-order valence-electron chi connectivity index (χ0n) is 12.3. The molecule has 1 aromatic carbocycles. The van der Waals surface area contributed by atoms with Gasteiger partial charge in [-0.3, -0.25) is 0 Å². The minimum atomic E-state index is -0.0434. The zero-order valence-corrected chi connectivity index (χ0v) is 12.3. The molecule has 2 rings (SSSR count). The SMILES string of the molecule is C=CCC(CCN(C)Cc1ccccc1)C1OCCO1. The standard InChI is InChI=1S/C17H25NO2/c1-3-7-16(17-19-12-13-20-17)10-11-18(2)14-15-8-5-4-6-9-15/h3-6,8-9,16-17H,1,7,10-14H2,2H3. The molecule has 3 heteroatoms. The van der Waals surface area contributed by atoms with Crippen molar-refractivity contribution in [2.75, 3.05) is 26.8 Å². The van der Waals surface area contributed by atoms with Crippen LogP contribution in [0.25, 0.3) is 0 Å². The predicted octanol–water partition coefficient (Wildman–Crippen LogP) is 3.07. The first kappa shape index (κ1) is 15.2. The van der Waals surface area contributed by atoms with Gasteiger partial charge in [-0.1, -0.05) is 36.4 Å². The van der Waals surface area contributed by atoms with Gasteiger partial charge in [-0.2, -0.15) is 0 Å². The first-order valence-electron chi connectivity index (χ1n) is 7.36. The summed E-state index contributed by atoms with van der Waals surface area (Å²) < 4.78 is 11.3. The van der Waals surface area contributed by atoms with Gasteiger partial charge in [-0.15, -0.1) is 6.58 Å². The van der Waals surface area contributed by atoms with E-state index in [-0.39, 0.29) is 6.29 Å². The Labute approximate surface area is 122 Å². The van der Waals surface area contributed by atoms with Gasteiger partial charge in [0.25, 0.3) is 0 Å². The second-order valence-corrected chi connectivity index (χ2v) is 5.41. The summed E-state index contributed by atoms with van der Waals surface area (Å²) in [6, 6.07) is 10.6. The van der Waals surface area contributed by atoms with Crippen LogP contribution in [0.4, 0.5) is 0 Å². The molecule has 1 heterocycles. The third-order valence-corrected chi connectivity index (χ3v) is 3.68. The number of ether oxygens (including phenoxy) is 2. The fourth-order valence-corrected chi connectivity index (χ4v) is 2.59. The molecule has 0 N–H and O–H groups in total. The van der Waals surface area contributed by atoms with Gasteiger partial charge in [0, 0.05) is 12.5 Å². The Morgan fingerprint density at radius 1 is 1.30 bits per heavy atom. The van der Waals surface area contributed by atoms with E-state index >= 15 is 0 Å². The maximum absolute atomic E-state index is 5.63. The van der Waals surface area contributed by atoms with Gasteiger partial charge in [-0.25, -0.2) is 0 Å². The molecule has 1 fully saturated rings. The van der Waals surface area contributed by atoms with Gasteiger partial charge < -0.3 is 14.4 Å². The predicted molar refractivity (Wildman–Crippen MR) is 81.4 cm³/mol. The summed E-state index contributed by atoms with van der Waals surface area (Å²) in [4.78, 5) is 2.35. The van der Waals surface area contributed by atoms with Crippen LogP contribution >= 0.6 is 0 Å². The summed E-state index contributed by atoms with van der Waals surface area (Å²) in [6.07, 6.45) is 3.94. The van der Waals surface area contributed by atoms with Gasteiger partial charge in [0.2, 0.25) is 0 Å². The van der Waals surface area contributed by atoms with Gasteiger partial charge in [0.15, 0.2) is 6.29 Å². The Bertz CT molecular complexity index is 387. The van der Waals surface area contributed by atoms with Crippen molar-refractivity contribution in [1.82, 2.24) is 4.90 Å². The highest BCUT2D eigenvalue weighted by molar-refractivity contribution is 5.14. The molecule has 0 amide bonds. The fourth-order valence-electron chi connectivity index (χ4n) is 2.59. The minimum absolute atomic E-state index is 0.0434. The average Bonchev–Trinajstić information content (AvgIpc) is 2.98. The molecule has 0 bridgehead atoms. The summed E-state index contributed by atoms with van der Waals surface area (Å²) in [6.45, 7) is 7.30. The van der Waals surface area contributed by atoms with Crippen LogP contribution in [0.2, 0.25) is 0 Å². The second kappa shape index (κ2) is 8.20. The van der Waals surface area contributed by atoms with Crippen LogP contribution in [-0.2, 0) is 16.0 Å². The monoisotopic (exact) mass is 275 g/mol. The molecule has 1 aliphatic heterocycles. The highest BCUT2D eigenvalue weighted by Gasteiger charge is 2.25. The van der Waals surface area contributed by atoms with E-state index in [9.17, 15) is 0 Å². The van der Waals surface area contributed by atoms with Crippen molar-refractivity contribution >= 4 is 0 Å². The molecule has 110 valence electrons. The highest BCUT2D eigenvalue weighted by atomic mass is 16.7. The van der Waals surface area contributed by atoms with Crippen LogP contribution in [0.1, 0.15) is 18.4 Å². The molecule has 1 aromatic rings. The van der Waals surface area contributed by atoms with Crippen LogP contribution < -0.4 is 0 Å². The number of hydrogen-bond acceptors (Lipinski definition) is 3. The molecular weight excluding hydrogens is 250 g/mol. The van der Waals surface area contributed by atoms with Crippen molar-refractivity contribution in [3.63, 3.8) is 0 Å². The first-order valence-corrected chi connectivity index (χ1v) is 7.36. The third-order valence-electron chi connectivity index (χ3n) is 3.68. The zero-order chi connectivity index (χ0) is 14.2. The second-order valence-electron chi connectivity index (χ2n) is 5.41. The van der Waals surface area contributed by atoms with E-state index in [4.69, 9.17) is 9.47 Å². The molecular formula is C17H25NO2. The lowest BCUT2D eigenvalue weighted by atomic mass is 10.0. The van der Waals surface area contributed by atoms with Crippen LogP contribution in [0, 0.1) is 5.92 Å². The van der Waals surface area contributed by atoms with E-state index in [1.54, 1.807) is 0 Å². The largest absolute Gasteiger partial charge is 0.350 e. The summed E-state index contributed by atoms with van der Waals surface area (Å²) in [5.41, 5.74) is 1.35. The van der Waals surface area contributed by atoms with Crippen molar-refractivity contribution in [3.8, 4) is 0 Å². The molecule has 1 unspecified atom stereocenters. The maximum Gasteiger partial charge on any atom is 0.160 e. The van der Waals surface area contributed by atoms with Gasteiger partial charge >= 0.3 is 0 Å². The normalized spacial score (nSPS) is 17.5. The molecule has 1 saturated heterocycles. The molecule has 0 radical (unpaired) electrons. The Morgan fingerprint density at radius 3 is 2.65 bits per heavy atom. The van der Waals surface area contributed by atoms with Gasteiger partial charge in [0.05, 0.1) is 13.2 Å². The fraction of sp³-hybridized carbons (Fsp3) is 0.529. The average molecular weight is 275 g/mol. The van der Waals surface area contributed by atoms with Gasteiger partial charge in [-0.05, 0) is 32.0 Å². The Kier molecular flexibility index (Phi) is 6.25. The lowest BCUT2D eigenvalue weighted by molar-refractivity contribution is -0.0858. The molecule has 0 saturated carbocycles. The maximum atomic E-state index is 5.63. The lowest BCUT2D eigenvalue weighted by Crippen LogP contribution is -2.27. The van der Waals surface area contributed by atoms with E-state index in [1.165, 1.54) is 5.56 Å². The first-order chi connectivity index (χ1) is 9.79. The summed E-state index contributed by atoms with van der Waals surface area (Å²) in [5, 5.41) is 0. The Balaban J connectivity index is 1.77. The smallest absolute Gasteiger partial charge is 0.160 e. The molecule has 1 aliphatic rings. The van der Waals surface area contributed by atoms with E-state index in [1.807, 2.05) is 6.08 Å². The molecule has 0 aliphatic carbocycles. The van der Waals surface area contributed by atoms with Crippen LogP contribution in [-0.4, -0.2) is 38.0 Å². The number of rotatable bonds is 8. The van der Waals surface area contributed by atoms with E-state index in [0.29, 0.717) is 5.92 Å². The molecule has 1 atom stereocenters. The summed E-state index contributed by atoms with van der Waals surface area (Å²) in [7, 11) is 2.16. The molecule has 3 nitrogen and oxygen atoms in total. The van der Waals surface area contributed by atoms with Crippen LogP contribution in [0.15, 0.2) is 43.0 Å². The number of allylic oxidation sites excluding steroid dienone is 1. The van der Waals surface area contributed by atoms with Gasteiger partial charge in [0.1, 0.15) is 0 Å². The third kappa shape index (κ3) is 4.75.